The molecule has 0 unspecified atom stereocenters. The molecule has 0 atom stereocenters. The van der Waals surface area contributed by atoms with Crippen LogP contribution in [-0.4, -0.2) is 12.5 Å². The Bertz CT molecular complexity index is 644. The highest BCUT2D eigenvalue weighted by atomic mass is 35.5. The number of benzene rings is 2. The molecule has 0 aliphatic carbocycles. The van der Waals surface area contributed by atoms with Gasteiger partial charge in [0.15, 0.2) is 0 Å². The van der Waals surface area contributed by atoms with Crippen molar-refractivity contribution in [1.82, 2.24) is 0 Å². The smallest absolute Gasteiger partial charge is 0.257 e. The van der Waals surface area contributed by atoms with E-state index in [1.165, 1.54) is 0 Å². The lowest BCUT2D eigenvalue weighted by atomic mass is 10.1. The fourth-order valence-electron chi connectivity index (χ4n) is 1.83. The predicted molar refractivity (Wildman–Crippen MR) is 86.0 cm³/mol. The molecular weight excluding hydrogens is 288 g/mol. The summed E-state index contributed by atoms with van der Waals surface area (Å²) in [6, 6.07) is 12.2. The average molecular weight is 305 g/mol. The Morgan fingerprint density at radius 2 is 2.00 bits per heavy atom. The van der Waals surface area contributed by atoms with E-state index < -0.39 is 0 Å². The van der Waals surface area contributed by atoms with E-state index in [1.807, 2.05) is 25.1 Å². The van der Waals surface area contributed by atoms with E-state index in [1.54, 1.807) is 24.3 Å². The van der Waals surface area contributed by atoms with E-state index in [0.717, 1.165) is 6.42 Å². The highest BCUT2D eigenvalue weighted by Gasteiger charge is 2.13. The number of ether oxygens (including phenoxy) is 1. The van der Waals surface area contributed by atoms with Crippen LogP contribution in [0.5, 0.6) is 5.75 Å². The first-order valence-electron chi connectivity index (χ1n) is 6.70. The molecule has 2 rings (SSSR count). The van der Waals surface area contributed by atoms with E-state index in [-0.39, 0.29) is 11.6 Å². The highest BCUT2D eigenvalue weighted by molar-refractivity contribution is 6.34. The summed E-state index contributed by atoms with van der Waals surface area (Å²) in [7, 11) is 0. The molecule has 5 heteroatoms. The van der Waals surface area contributed by atoms with Gasteiger partial charge in [-0.25, -0.2) is 0 Å². The summed E-state index contributed by atoms with van der Waals surface area (Å²) in [4.78, 5) is 12.3. The monoisotopic (exact) mass is 304 g/mol. The molecular formula is C16H17ClN2O2. The predicted octanol–water partition coefficient (Wildman–Crippen LogP) is 3.96. The van der Waals surface area contributed by atoms with E-state index in [9.17, 15) is 4.79 Å². The molecule has 0 spiro atoms. The number of carbonyl (C=O) groups excluding carboxylic acids is 1. The number of hydrogen-bond donors (Lipinski definition) is 2. The van der Waals surface area contributed by atoms with Gasteiger partial charge >= 0.3 is 0 Å². The molecule has 2 aromatic rings. The fraction of sp³-hybridized carbons (Fsp3) is 0.188. The van der Waals surface area contributed by atoms with Crippen molar-refractivity contribution < 1.29 is 9.53 Å². The third kappa shape index (κ3) is 3.67. The number of nitrogen functional groups attached to an aromatic ring is 1. The molecule has 1 amide bonds. The first-order valence-corrected chi connectivity index (χ1v) is 7.08. The van der Waals surface area contributed by atoms with Gasteiger partial charge in [-0.2, -0.15) is 0 Å². The van der Waals surface area contributed by atoms with Crippen LogP contribution in [-0.2, 0) is 0 Å². The van der Waals surface area contributed by atoms with E-state index in [0.29, 0.717) is 28.6 Å². The van der Waals surface area contributed by atoms with Crippen molar-refractivity contribution in [3.63, 3.8) is 0 Å². The van der Waals surface area contributed by atoms with Crippen molar-refractivity contribution in [3.05, 3.63) is 53.1 Å². The van der Waals surface area contributed by atoms with Crippen molar-refractivity contribution in [2.45, 2.75) is 13.3 Å². The number of rotatable bonds is 5. The Labute approximate surface area is 128 Å². The molecule has 0 aliphatic rings. The van der Waals surface area contributed by atoms with Crippen LogP contribution in [0.15, 0.2) is 42.5 Å². The molecule has 2 aromatic carbocycles. The lowest BCUT2D eigenvalue weighted by Crippen LogP contribution is -2.15. The van der Waals surface area contributed by atoms with Crippen LogP contribution in [0.1, 0.15) is 23.7 Å². The van der Waals surface area contributed by atoms with Gasteiger partial charge in [0, 0.05) is 0 Å². The van der Waals surface area contributed by atoms with Crippen molar-refractivity contribution in [2.75, 3.05) is 17.7 Å². The van der Waals surface area contributed by atoms with Crippen molar-refractivity contribution in [1.29, 1.82) is 0 Å². The van der Waals surface area contributed by atoms with Gasteiger partial charge in [0.25, 0.3) is 5.91 Å². The Kier molecular flexibility index (Phi) is 5.06. The highest BCUT2D eigenvalue weighted by Crippen LogP contribution is 2.27. The Morgan fingerprint density at radius 1 is 1.24 bits per heavy atom. The van der Waals surface area contributed by atoms with Crippen molar-refractivity contribution >= 4 is 28.9 Å². The topological polar surface area (TPSA) is 64.3 Å². The quantitative estimate of drug-likeness (QED) is 0.822. The molecule has 0 saturated heterocycles. The van der Waals surface area contributed by atoms with Gasteiger partial charge in [-0.15, -0.1) is 0 Å². The van der Waals surface area contributed by atoms with Crippen molar-refractivity contribution in [3.8, 4) is 5.75 Å². The maximum Gasteiger partial charge on any atom is 0.257 e. The summed E-state index contributed by atoms with van der Waals surface area (Å²) in [5.41, 5.74) is 7.05. The molecule has 21 heavy (non-hydrogen) atoms. The number of nitrogens with one attached hydrogen (secondary N) is 1. The standard InChI is InChI=1S/C16H17ClN2O2/c1-2-10-21-14-9-4-3-8-13(14)19-16(20)11-6-5-7-12(17)15(11)18/h3-9H,2,10,18H2,1H3,(H,19,20). The minimum atomic E-state index is -0.317. The van der Waals surface area contributed by atoms with Gasteiger partial charge in [0.05, 0.1) is 28.6 Å². The minimum Gasteiger partial charge on any atom is -0.491 e. The summed E-state index contributed by atoms with van der Waals surface area (Å²) in [5.74, 6) is 0.316. The maximum absolute atomic E-state index is 12.3. The summed E-state index contributed by atoms with van der Waals surface area (Å²) < 4.78 is 5.60. The Morgan fingerprint density at radius 3 is 2.76 bits per heavy atom. The third-order valence-corrected chi connectivity index (χ3v) is 3.22. The Balaban J connectivity index is 2.22. The van der Waals surface area contributed by atoms with Gasteiger partial charge in [0.2, 0.25) is 0 Å². The second-order valence-electron chi connectivity index (χ2n) is 4.50. The molecule has 0 heterocycles. The normalized spacial score (nSPS) is 10.2. The van der Waals surface area contributed by atoms with Crippen LogP contribution in [0.25, 0.3) is 0 Å². The van der Waals surface area contributed by atoms with E-state index >= 15 is 0 Å². The second-order valence-corrected chi connectivity index (χ2v) is 4.91. The fourth-order valence-corrected chi connectivity index (χ4v) is 2.01. The van der Waals surface area contributed by atoms with Gasteiger partial charge in [0.1, 0.15) is 5.75 Å². The van der Waals surface area contributed by atoms with Crippen LogP contribution in [0.3, 0.4) is 0 Å². The van der Waals surface area contributed by atoms with E-state index in [2.05, 4.69) is 5.32 Å². The van der Waals surface area contributed by atoms with Crippen LogP contribution in [0, 0.1) is 0 Å². The molecule has 0 aliphatic heterocycles. The second kappa shape index (κ2) is 6.99. The third-order valence-electron chi connectivity index (χ3n) is 2.89. The van der Waals surface area contributed by atoms with Gasteiger partial charge in [-0.1, -0.05) is 36.7 Å². The number of para-hydroxylation sites is 3. The zero-order chi connectivity index (χ0) is 15.2. The Hall–Kier alpha value is -2.20. The molecule has 110 valence electrons. The lowest BCUT2D eigenvalue weighted by molar-refractivity contribution is 0.102. The van der Waals surface area contributed by atoms with Gasteiger partial charge in [-0.3, -0.25) is 4.79 Å². The molecule has 4 nitrogen and oxygen atoms in total. The number of amides is 1. The number of halogens is 1. The summed E-state index contributed by atoms with van der Waals surface area (Å²) in [6.07, 6.45) is 0.892. The maximum atomic E-state index is 12.3. The molecule has 3 N–H and O–H groups in total. The summed E-state index contributed by atoms with van der Waals surface area (Å²) >= 11 is 5.93. The summed E-state index contributed by atoms with van der Waals surface area (Å²) in [6.45, 7) is 2.61. The number of carbonyl (C=O) groups is 1. The van der Waals surface area contributed by atoms with Gasteiger partial charge < -0.3 is 15.8 Å². The van der Waals surface area contributed by atoms with Gasteiger partial charge in [-0.05, 0) is 30.7 Å². The van der Waals surface area contributed by atoms with Crippen LogP contribution < -0.4 is 15.8 Å². The lowest BCUT2D eigenvalue weighted by Gasteiger charge is -2.13. The zero-order valence-corrected chi connectivity index (χ0v) is 12.5. The number of anilines is 2. The van der Waals surface area contributed by atoms with E-state index in [4.69, 9.17) is 22.1 Å². The SMILES string of the molecule is CCCOc1ccccc1NC(=O)c1cccc(Cl)c1N. The largest absolute Gasteiger partial charge is 0.491 e. The molecule has 0 fully saturated rings. The van der Waals surface area contributed by atoms with Crippen LogP contribution in [0.4, 0.5) is 11.4 Å². The minimum absolute atomic E-state index is 0.267. The summed E-state index contributed by atoms with van der Waals surface area (Å²) in [5, 5.41) is 3.16. The first-order chi connectivity index (χ1) is 10.1. The van der Waals surface area contributed by atoms with Crippen LogP contribution in [0.2, 0.25) is 5.02 Å². The van der Waals surface area contributed by atoms with Crippen molar-refractivity contribution in [2.24, 2.45) is 0 Å². The number of hydrogen-bond acceptors (Lipinski definition) is 3. The molecule has 0 bridgehead atoms. The zero-order valence-electron chi connectivity index (χ0n) is 11.7. The molecule has 0 aromatic heterocycles. The molecule has 0 radical (unpaired) electrons. The first kappa shape index (κ1) is 15.2. The number of nitrogens with two attached hydrogens (primary N) is 1. The average Bonchev–Trinajstić information content (AvgIpc) is 2.49. The van der Waals surface area contributed by atoms with Crippen LogP contribution >= 0.6 is 11.6 Å². The molecule has 0 saturated carbocycles.